The topological polar surface area (TPSA) is 62.7 Å². The van der Waals surface area contributed by atoms with Crippen LogP contribution in [0.15, 0.2) is 35.3 Å². The van der Waals surface area contributed by atoms with E-state index in [-0.39, 0.29) is 0 Å². The van der Waals surface area contributed by atoms with Crippen molar-refractivity contribution in [3.63, 3.8) is 0 Å². The number of nitrogens with zero attached hydrogens (tertiary/aromatic N) is 3. The first kappa shape index (κ1) is 12.8. The van der Waals surface area contributed by atoms with Gasteiger partial charge in [-0.1, -0.05) is 0 Å². The standard InChI is InChI=1S/C12H14BrN5/c1-2-15-11-10(13)12(18-8-17-11)16-7-9-3-5-14-6-4-9/h3-6,8H,2,7H2,1H3,(H2,15,16,17,18). The summed E-state index contributed by atoms with van der Waals surface area (Å²) in [6.07, 6.45) is 5.09. The second-order valence-corrected chi connectivity index (χ2v) is 4.42. The van der Waals surface area contributed by atoms with Gasteiger partial charge in [0.25, 0.3) is 0 Å². The maximum Gasteiger partial charge on any atom is 0.146 e. The van der Waals surface area contributed by atoms with Crippen LogP contribution in [0.4, 0.5) is 11.6 Å². The molecule has 0 radical (unpaired) electrons. The van der Waals surface area contributed by atoms with E-state index in [0.717, 1.165) is 28.2 Å². The third-order valence-corrected chi connectivity index (χ3v) is 3.09. The van der Waals surface area contributed by atoms with E-state index in [1.54, 1.807) is 12.4 Å². The predicted octanol–water partition coefficient (Wildman–Crippen LogP) is 2.68. The molecule has 2 heterocycles. The second kappa shape index (κ2) is 6.30. The third kappa shape index (κ3) is 3.16. The van der Waals surface area contributed by atoms with Crippen molar-refractivity contribution in [1.82, 2.24) is 15.0 Å². The monoisotopic (exact) mass is 307 g/mol. The van der Waals surface area contributed by atoms with Crippen LogP contribution in [-0.4, -0.2) is 21.5 Å². The molecular weight excluding hydrogens is 294 g/mol. The van der Waals surface area contributed by atoms with E-state index in [1.165, 1.54) is 6.33 Å². The van der Waals surface area contributed by atoms with Gasteiger partial charge < -0.3 is 10.6 Å². The molecule has 0 atom stereocenters. The smallest absolute Gasteiger partial charge is 0.146 e. The summed E-state index contributed by atoms with van der Waals surface area (Å²) in [4.78, 5) is 12.4. The van der Waals surface area contributed by atoms with Crippen LogP contribution in [0.3, 0.4) is 0 Å². The zero-order valence-corrected chi connectivity index (χ0v) is 11.6. The van der Waals surface area contributed by atoms with Crippen molar-refractivity contribution in [2.24, 2.45) is 0 Å². The molecule has 0 aliphatic heterocycles. The second-order valence-electron chi connectivity index (χ2n) is 3.62. The Morgan fingerprint density at radius 1 is 1.11 bits per heavy atom. The summed E-state index contributed by atoms with van der Waals surface area (Å²) in [5, 5.41) is 6.43. The summed E-state index contributed by atoms with van der Waals surface area (Å²) in [6.45, 7) is 3.54. The molecule has 0 unspecified atom stereocenters. The molecule has 0 aromatic carbocycles. The fraction of sp³-hybridized carbons (Fsp3) is 0.250. The zero-order valence-electron chi connectivity index (χ0n) is 10.0. The highest BCUT2D eigenvalue weighted by atomic mass is 79.9. The highest BCUT2D eigenvalue weighted by Gasteiger charge is 2.07. The lowest BCUT2D eigenvalue weighted by molar-refractivity contribution is 1.05. The van der Waals surface area contributed by atoms with Gasteiger partial charge in [-0.15, -0.1) is 0 Å². The lowest BCUT2D eigenvalue weighted by Crippen LogP contribution is -2.06. The van der Waals surface area contributed by atoms with Gasteiger partial charge in [-0.05, 0) is 40.5 Å². The molecule has 94 valence electrons. The van der Waals surface area contributed by atoms with Gasteiger partial charge in [-0.25, -0.2) is 9.97 Å². The van der Waals surface area contributed by atoms with Crippen molar-refractivity contribution in [2.45, 2.75) is 13.5 Å². The van der Waals surface area contributed by atoms with Crippen LogP contribution in [0.1, 0.15) is 12.5 Å². The Morgan fingerprint density at radius 3 is 2.44 bits per heavy atom. The lowest BCUT2D eigenvalue weighted by atomic mass is 10.3. The highest BCUT2D eigenvalue weighted by molar-refractivity contribution is 9.10. The van der Waals surface area contributed by atoms with Gasteiger partial charge in [-0.3, -0.25) is 4.98 Å². The van der Waals surface area contributed by atoms with E-state index in [9.17, 15) is 0 Å². The lowest BCUT2D eigenvalue weighted by Gasteiger charge is -2.10. The molecule has 0 bridgehead atoms. The fourth-order valence-electron chi connectivity index (χ4n) is 1.47. The molecule has 0 fully saturated rings. The fourth-order valence-corrected chi connectivity index (χ4v) is 1.96. The minimum absolute atomic E-state index is 0.698. The van der Waals surface area contributed by atoms with Crippen LogP contribution < -0.4 is 10.6 Å². The minimum atomic E-state index is 0.698. The number of hydrogen-bond acceptors (Lipinski definition) is 5. The van der Waals surface area contributed by atoms with E-state index >= 15 is 0 Å². The summed E-state index contributed by atoms with van der Waals surface area (Å²) in [5.41, 5.74) is 1.15. The molecular formula is C12H14BrN5. The van der Waals surface area contributed by atoms with E-state index in [0.29, 0.717) is 6.54 Å². The Labute approximate surface area is 114 Å². The quantitative estimate of drug-likeness (QED) is 0.889. The number of nitrogens with one attached hydrogen (secondary N) is 2. The van der Waals surface area contributed by atoms with Crippen LogP contribution in [0, 0.1) is 0 Å². The molecule has 5 nitrogen and oxygen atoms in total. The van der Waals surface area contributed by atoms with Crippen LogP contribution in [0.5, 0.6) is 0 Å². The molecule has 0 aliphatic rings. The van der Waals surface area contributed by atoms with Gasteiger partial charge >= 0.3 is 0 Å². The first-order valence-corrected chi connectivity index (χ1v) is 6.47. The van der Waals surface area contributed by atoms with Crippen LogP contribution in [0.25, 0.3) is 0 Å². The van der Waals surface area contributed by atoms with Gasteiger partial charge in [0.15, 0.2) is 0 Å². The summed E-state index contributed by atoms with van der Waals surface area (Å²) in [7, 11) is 0. The molecule has 2 aromatic rings. The minimum Gasteiger partial charge on any atom is -0.369 e. The molecule has 18 heavy (non-hydrogen) atoms. The Hall–Kier alpha value is -1.69. The summed E-state index contributed by atoms with van der Waals surface area (Å²) in [6, 6.07) is 3.93. The third-order valence-electron chi connectivity index (χ3n) is 2.34. The Kier molecular flexibility index (Phi) is 4.46. The van der Waals surface area contributed by atoms with Gasteiger partial charge in [-0.2, -0.15) is 0 Å². The van der Waals surface area contributed by atoms with Crippen LogP contribution >= 0.6 is 15.9 Å². The van der Waals surface area contributed by atoms with E-state index < -0.39 is 0 Å². The predicted molar refractivity (Wildman–Crippen MR) is 75.5 cm³/mol. The van der Waals surface area contributed by atoms with Gasteiger partial charge in [0.1, 0.15) is 22.4 Å². The van der Waals surface area contributed by atoms with Crippen molar-refractivity contribution in [2.75, 3.05) is 17.2 Å². The van der Waals surface area contributed by atoms with Crippen LogP contribution in [0.2, 0.25) is 0 Å². The van der Waals surface area contributed by atoms with Crippen molar-refractivity contribution >= 4 is 27.6 Å². The molecule has 2 rings (SSSR count). The van der Waals surface area contributed by atoms with Crippen molar-refractivity contribution in [3.8, 4) is 0 Å². The van der Waals surface area contributed by atoms with Crippen LogP contribution in [-0.2, 0) is 6.54 Å². The Morgan fingerprint density at radius 2 is 1.78 bits per heavy atom. The summed E-state index contributed by atoms with van der Waals surface area (Å²) < 4.78 is 0.848. The normalized spacial score (nSPS) is 10.1. The summed E-state index contributed by atoms with van der Waals surface area (Å²) >= 11 is 3.49. The molecule has 0 saturated carbocycles. The average molecular weight is 308 g/mol. The Balaban J connectivity index is 2.08. The molecule has 2 N–H and O–H groups in total. The molecule has 6 heteroatoms. The number of aromatic nitrogens is 3. The van der Waals surface area contributed by atoms with Crippen molar-refractivity contribution in [3.05, 3.63) is 40.9 Å². The highest BCUT2D eigenvalue weighted by Crippen LogP contribution is 2.26. The van der Waals surface area contributed by atoms with E-state index in [2.05, 4.69) is 41.5 Å². The van der Waals surface area contributed by atoms with Gasteiger partial charge in [0.05, 0.1) is 0 Å². The van der Waals surface area contributed by atoms with Gasteiger partial charge in [0.2, 0.25) is 0 Å². The average Bonchev–Trinajstić information content (AvgIpc) is 2.41. The van der Waals surface area contributed by atoms with Gasteiger partial charge in [0, 0.05) is 25.5 Å². The molecule has 2 aromatic heterocycles. The molecule has 0 aliphatic carbocycles. The first-order chi connectivity index (χ1) is 8.81. The largest absolute Gasteiger partial charge is 0.369 e. The molecule has 0 saturated heterocycles. The summed E-state index contributed by atoms with van der Waals surface area (Å²) in [5.74, 6) is 1.57. The number of halogens is 1. The maximum absolute atomic E-state index is 4.21. The molecule has 0 spiro atoms. The number of anilines is 2. The van der Waals surface area contributed by atoms with Crippen molar-refractivity contribution < 1.29 is 0 Å². The number of rotatable bonds is 5. The Bertz CT molecular complexity index is 503. The van der Waals surface area contributed by atoms with Crippen molar-refractivity contribution in [1.29, 1.82) is 0 Å². The first-order valence-electron chi connectivity index (χ1n) is 5.68. The SMILES string of the molecule is CCNc1ncnc(NCc2ccncc2)c1Br. The number of pyridine rings is 1. The van der Waals surface area contributed by atoms with E-state index in [4.69, 9.17) is 0 Å². The number of hydrogen-bond donors (Lipinski definition) is 2. The van der Waals surface area contributed by atoms with E-state index in [1.807, 2.05) is 19.1 Å². The zero-order chi connectivity index (χ0) is 12.8. The molecule has 0 amide bonds. The maximum atomic E-state index is 4.21.